The summed E-state index contributed by atoms with van der Waals surface area (Å²) in [6.07, 6.45) is -4.63. The van der Waals surface area contributed by atoms with E-state index in [4.69, 9.17) is 0 Å². The fourth-order valence-corrected chi connectivity index (χ4v) is 3.15. The lowest BCUT2D eigenvalue weighted by Crippen LogP contribution is -2.38. The topological polar surface area (TPSA) is 59.8 Å². The maximum absolute atomic E-state index is 13.6. The maximum Gasteiger partial charge on any atom is 0.412 e. The van der Waals surface area contributed by atoms with Crippen LogP contribution in [-0.2, 0) is 7.05 Å². The van der Waals surface area contributed by atoms with Crippen LogP contribution in [0.15, 0.2) is 36.4 Å². The van der Waals surface area contributed by atoms with Crippen molar-refractivity contribution in [2.24, 2.45) is 7.05 Å². The highest BCUT2D eigenvalue weighted by Crippen LogP contribution is 2.33. The van der Waals surface area contributed by atoms with Crippen LogP contribution >= 0.6 is 0 Å². The standard InChI is InChI=1S/C20H21F3N4O/c1-11(2)15-10-14(16-12(3)26-27(4)18(16)24-15)19(28)25-17(20(21,22)23)13-8-6-5-7-9-13/h5-11,17H,1-4H3,(H,25,28). The Labute approximate surface area is 160 Å². The van der Waals surface area contributed by atoms with Gasteiger partial charge >= 0.3 is 6.18 Å². The molecule has 148 valence electrons. The number of alkyl halides is 3. The molecule has 0 aliphatic carbocycles. The summed E-state index contributed by atoms with van der Waals surface area (Å²) in [5, 5.41) is 6.88. The van der Waals surface area contributed by atoms with Gasteiger partial charge in [0.1, 0.15) is 0 Å². The molecule has 28 heavy (non-hydrogen) atoms. The zero-order valence-electron chi connectivity index (χ0n) is 16.0. The van der Waals surface area contributed by atoms with Crippen LogP contribution in [0, 0.1) is 6.92 Å². The Hall–Kier alpha value is -2.90. The molecular weight excluding hydrogens is 369 g/mol. The van der Waals surface area contributed by atoms with E-state index in [0.717, 1.165) is 0 Å². The van der Waals surface area contributed by atoms with Crippen molar-refractivity contribution in [1.82, 2.24) is 20.1 Å². The molecule has 2 heterocycles. The molecule has 0 bridgehead atoms. The fraction of sp³-hybridized carbons (Fsp3) is 0.350. The van der Waals surface area contributed by atoms with Gasteiger partial charge in [-0.15, -0.1) is 0 Å². The van der Waals surface area contributed by atoms with E-state index in [1.807, 2.05) is 13.8 Å². The summed E-state index contributed by atoms with van der Waals surface area (Å²) < 4.78 is 42.5. The molecule has 0 radical (unpaired) electrons. The number of hydrogen-bond donors (Lipinski definition) is 1. The highest BCUT2D eigenvalue weighted by atomic mass is 19.4. The molecule has 8 heteroatoms. The van der Waals surface area contributed by atoms with Gasteiger partial charge in [0.15, 0.2) is 11.7 Å². The summed E-state index contributed by atoms with van der Waals surface area (Å²) in [5.74, 6) is -0.810. The minimum atomic E-state index is -4.63. The number of benzene rings is 1. The molecule has 1 amide bonds. The first-order valence-corrected chi connectivity index (χ1v) is 8.86. The molecule has 1 aromatic carbocycles. The normalized spacial score (nSPS) is 13.1. The second kappa shape index (κ2) is 7.26. The zero-order chi connectivity index (χ0) is 20.6. The Morgan fingerprint density at radius 2 is 1.82 bits per heavy atom. The summed E-state index contributed by atoms with van der Waals surface area (Å²) in [4.78, 5) is 17.5. The number of aromatic nitrogens is 3. The number of carbonyl (C=O) groups excluding carboxylic acids is 1. The highest BCUT2D eigenvalue weighted by molar-refractivity contribution is 6.06. The van der Waals surface area contributed by atoms with Crippen LogP contribution in [0.2, 0.25) is 0 Å². The first-order chi connectivity index (χ1) is 13.1. The van der Waals surface area contributed by atoms with Crippen molar-refractivity contribution >= 4 is 16.9 Å². The lowest BCUT2D eigenvalue weighted by atomic mass is 10.0. The maximum atomic E-state index is 13.6. The molecule has 0 saturated carbocycles. The molecular formula is C20H21F3N4O. The van der Waals surface area contributed by atoms with Crippen LogP contribution in [0.4, 0.5) is 13.2 Å². The summed E-state index contributed by atoms with van der Waals surface area (Å²) in [6, 6.07) is 6.77. The van der Waals surface area contributed by atoms with Crippen LogP contribution in [-0.4, -0.2) is 26.8 Å². The largest absolute Gasteiger partial charge is 0.412 e. The van der Waals surface area contributed by atoms with Gasteiger partial charge in [-0.2, -0.15) is 18.3 Å². The van der Waals surface area contributed by atoms with E-state index < -0.39 is 18.1 Å². The average Bonchev–Trinajstić information content (AvgIpc) is 2.92. The van der Waals surface area contributed by atoms with Gasteiger partial charge in [0.2, 0.25) is 0 Å². The molecule has 0 spiro atoms. The zero-order valence-corrected chi connectivity index (χ0v) is 16.0. The molecule has 3 aromatic rings. The predicted octanol–water partition coefficient (Wildman–Crippen LogP) is 4.43. The third-order valence-electron chi connectivity index (χ3n) is 4.56. The number of halogens is 3. The van der Waals surface area contributed by atoms with Gasteiger partial charge in [-0.1, -0.05) is 44.2 Å². The number of hydrogen-bond acceptors (Lipinski definition) is 3. The predicted molar refractivity (Wildman–Crippen MR) is 100 cm³/mol. The highest BCUT2D eigenvalue weighted by Gasteiger charge is 2.42. The third kappa shape index (κ3) is 3.72. The summed E-state index contributed by atoms with van der Waals surface area (Å²) in [5.41, 5.74) is 1.74. The minimum absolute atomic E-state index is 0.00121. The van der Waals surface area contributed by atoms with Crippen molar-refractivity contribution in [1.29, 1.82) is 0 Å². The van der Waals surface area contributed by atoms with Crippen LogP contribution in [0.3, 0.4) is 0 Å². The van der Waals surface area contributed by atoms with Crippen LogP contribution in [0.25, 0.3) is 11.0 Å². The molecule has 2 aromatic heterocycles. The average molecular weight is 390 g/mol. The molecule has 1 N–H and O–H groups in total. The summed E-state index contributed by atoms with van der Waals surface area (Å²) in [7, 11) is 1.69. The lowest BCUT2D eigenvalue weighted by molar-refractivity contribution is -0.155. The summed E-state index contributed by atoms with van der Waals surface area (Å²) >= 11 is 0. The van der Waals surface area contributed by atoms with Crippen molar-refractivity contribution in [3.8, 4) is 0 Å². The molecule has 0 aliphatic heterocycles. The molecule has 3 rings (SSSR count). The van der Waals surface area contributed by atoms with Crippen molar-refractivity contribution in [3.05, 3.63) is 58.9 Å². The number of rotatable bonds is 4. The Morgan fingerprint density at radius 1 is 1.18 bits per heavy atom. The molecule has 0 saturated heterocycles. The Morgan fingerprint density at radius 3 is 2.39 bits per heavy atom. The quantitative estimate of drug-likeness (QED) is 0.717. The number of nitrogens with one attached hydrogen (secondary N) is 1. The lowest BCUT2D eigenvalue weighted by Gasteiger charge is -2.22. The molecule has 0 fully saturated rings. The molecule has 1 atom stereocenters. The number of carbonyl (C=O) groups is 1. The van der Waals surface area contributed by atoms with E-state index in [1.165, 1.54) is 28.9 Å². The molecule has 0 aliphatic rings. The van der Waals surface area contributed by atoms with Crippen molar-refractivity contribution in [3.63, 3.8) is 0 Å². The molecule has 5 nitrogen and oxygen atoms in total. The van der Waals surface area contributed by atoms with Gasteiger partial charge in [0, 0.05) is 12.7 Å². The van der Waals surface area contributed by atoms with E-state index >= 15 is 0 Å². The first kappa shape index (κ1) is 19.9. The van der Waals surface area contributed by atoms with Gasteiger partial charge in [-0.3, -0.25) is 9.48 Å². The Bertz CT molecular complexity index is 1010. The van der Waals surface area contributed by atoms with Crippen molar-refractivity contribution in [2.75, 3.05) is 0 Å². The van der Waals surface area contributed by atoms with E-state index in [2.05, 4.69) is 15.4 Å². The van der Waals surface area contributed by atoms with Crippen LogP contribution in [0.1, 0.15) is 53.1 Å². The fourth-order valence-electron chi connectivity index (χ4n) is 3.15. The van der Waals surface area contributed by atoms with Crippen molar-refractivity contribution in [2.45, 2.75) is 38.9 Å². The minimum Gasteiger partial charge on any atom is -0.337 e. The second-order valence-corrected chi connectivity index (χ2v) is 7.02. The number of nitrogens with zero attached hydrogens (tertiary/aromatic N) is 3. The SMILES string of the molecule is Cc1nn(C)c2nc(C(C)C)cc(C(=O)NC(c3ccccc3)C(F)(F)F)c12. The number of fused-ring (bicyclic) bond motifs is 1. The Balaban J connectivity index is 2.09. The van der Waals surface area contributed by atoms with E-state index in [0.29, 0.717) is 22.4 Å². The van der Waals surface area contributed by atoms with E-state index in [-0.39, 0.29) is 17.0 Å². The molecule has 1 unspecified atom stereocenters. The van der Waals surface area contributed by atoms with Crippen LogP contribution in [0.5, 0.6) is 0 Å². The smallest absolute Gasteiger partial charge is 0.337 e. The van der Waals surface area contributed by atoms with Gasteiger partial charge in [-0.05, 0) is 24.5 Å². The van der Waals surface area contributed by atoms with Crippen molar-refractivity contribution < 1.29 is 18.0 Å². The second-order valence-electron chi connectivity index (χ2n) is 7.02. The van der Waals surface area contributed by atoms with Crippen LogP contribution < -0.4 is 5.32 Å². The number of pyridine rings is 1. The van der Waals surface area contributed by atoms with Gasteiger partial charge in [0.05, 0.1) is 16.6 Å². The van der Waals surface area contributed by atoms with Gasteiger partial charge in [-0.25, -0.2) is 4.98 Å². The number of amides is 1. The third-order valence-corrected chi connectivity index (χ3v) is 4.56. The van der Waals surface area contributed by atoms with E-state index in [9.17, 15) is 18.0 Å². The Kier molecular flexibility index (Phi) is 5.14. The van der Waals surface area contributed by atoms with Gasteiger partial charge < -0.3 is 5.32 Å². The summed E-state index contributed by atoms with van der Waals surface area (Å²) in [6.45, 7) is 5.51. The first-order valence-electron chi connectivity index (χ1n) is 8.86. The monoisotopic (exact) mass is 390 g/mol. The number of aryl methyl sites for hydroxylation is 2. The van der Waals surface area contributed by atoms with E-state index in [1.54, 1.807) is 26.1 Å². The van der Waals surface area contributed by atoms with Gasteiger partial charge in [0.25, 0.3) is 5.91 Å².